The number of rotatable bonds is 8. The van der Waals surface area contributed by atoms with Gasteiger partial charge in [0, 0.05) is 50.8 Å². The minimum absolute atomic E-state index is 0.266. The Labute approximate surface area is 210 Å². The molecule has 0 bridgehead atoms. The number of para-hydroxylation sites is 1. The van der Waals surface area contributed by atoms with Gasteiger partial charge in [-0.05, 0) is 37.4 Å². The molecule has 0 spiro atoms. The van der Waals surface area contributed by atoms with Gasteiger partial charge in [-0.3, -0.25) is 4.79 Å². The van der Waals surface area contributed by atoms with Crippen LogP contribution in [0.3, 0.4) is 0 Å². The maximum absolute atomic E-state index is 12.7. The number of amides is 1. The van der Waals surface area contributed by atoms with Crippen molar-refractivity contribution in [3.8, 4) is 28.6 Å². The summed E-state index contributed by atoms with van der Waals surface area (Å²) in [7, 11) is 3.73. The maximum atomic E-state index is 12.7. The molecule has 1 unspecified atom stereocenters. The first-order chi connectivity index (χ1) is 17.6. The van der Waals surface area contributed by atoms with Gasteiger partial charge in [-0.2, -0.15) is 0 Å². The van der Waals surface area contributed by atoms with Crippen LogP contribution in [-0.4, -0.2) is 86.8 Å². The molecular weight excluding hydrogens is 460 g/mol. The summed E-state index contributed by atoms with van der Waals surface area (Å²) in [4.78, 5) is 22.0. The summed E-state index contributed by atoms with van der Waals surface area (Å²) in [6, 6.07) is 14.9. The number of benzene rings is 1. The van der Waals surface area contributed by atoms with Crippen LogP contribution >= 0.6 is 0 Å². The number of furan rings is 1. The van der Waals surface area contributed by atoms with E-state index in [0.717, 1.165) is 56.2 Å². The van der Waals surface area contributed by atoms with Crippen LogP contribution in [0.4, 0.5) is 0 Å². The number of aromatic nitrogens is 1. The summed E-state index contributed by atoms with van der Waals surface area (Å²) in [5.74, 6) is 2.64. The Hall–Kier alpha value is -3.56. The number of ether oxygens (including phenoxy) is 3. The van der Waals surface area contributed by atoms with Crippen LogP contribution in [0, 0.1) is 0 Å². The van der Waals surface area contributed by atoms with Crippen LogP contribution in [0.15, 0.2) is 52.9 Å². The number of carbonyl (C=O) groups is 1. The van der Waals surface area contributed by atoms with E-state index in [1.165, 1.54) is 0 Å². The third kappa shape index (κ3) is 5.63. The van der Waals surface area contributed by atoms with Crippen molar-refractivity contribution in [2.24, 2.45) is 0 Å². The molecule has 9 nitrogen and oxygen atoms in total. The zero-order chi connectivity index (χ0) is 24.9. The molecule has 9 heteroatoms. The molecule has 36 heavy (non-hydrogen) atoms. The lowest BCUT2D eigenvalue weighted by Crippen LogP contribution is -2.45. The van der Waals surface area contributed by atoms with Crippen LogP contribution in [0.1, 0.15) is 16.3 Å². The van der Waals surface area contributed by atoms with Crippen molar-refractivity contribution in [2.75, 3.05) is 60.0 Å². The third-order valence-electron chi connectivity index (χ3n) is 6.54. The van der Waals surface area contributed by atoms with Crippen molar-refractivity contribution in [1.29, 1.82) is 0 Å². The number of piperazine rings is 1. The quantitative estimate of drug-likeness (QED) is 0.514. The van der Waals surface area contributed by atoms with Crippen molar-refractivity contribution in [3.63, 3.8) is 0 Å². The Morgan fingerprint density at radius 2 is 1.94 bits per heavy atom. The average Bonchev–Trinajstić information content (AvgIpc) is 3.40. The van der Waals surface area contributed by atoms with Gasteiger partial charge < -0.3 is 33.7 Å². The predicted molar refractivity (Wildman–Crippen MR) is 135 cm³/mol. The SMILES string of the molecule is COc1cccc(-c2cccc3c2OC(CNC(=O)c2ccc(CCN4CCN(C)CC4)o2)CO3)n1. The van der Waals surface area contributed by atoms with Crippen molar-refractivity contribution < 1.29 is 23.4 Å². The summed E-state index contributed by atoms with van der Waals surface area (Å²) in [6.45, 7) is 5.84. The van der Waals surface area contributed by atoms with Crippen LogP contribution < -0.4 is 19.5 Å². The third-order valence-corrected chi connectivity index (χ3v) is 6.54. The highest BCUT2D eigenvalue weighted by Crippen LogP contribution is 2.40. The number of nitrogens with zero attached hydrogens (tertiary/aromatic N) is 3. The Kier molecular flexibility index (Phi) is 7.39. The van der Waals surface area contributed by atoms with E-state index in [1.54, 1.807) is 19.2 Å². The molecule has 1 atom stereocenters. The minimum Gasteiger partial charge on any atom is -0.486 e. The number of hydrogen-bond acceptors (Lipinski definition) is 8. The van der Waals surface area contributed by atoms with Crippen molar-refractivity contribution >= 4 is 5.91 Å². The van der Waals surface area contributed by atoms with Gasteiger partial charge in [-0.25, -0.2) is 4.98 Å². The van der Waals surface area contributed by atoms with Gasteiger partial charge in [-0.15, -0.1) is 0 Å². The molecule has 3 aromatic rings. The first-order valence-corrected chi connectivity index (χ1v) is 12.3. The van der Waals surface area contributed by atoms with Crippen LogP contribution in [0.2, 0.25) is 0 Å². The average molecular weight is 493 g/mol. The van der Waals surface area contributed by atoms with E-state index in [1.807, 2.05) is 36.4 Å². The van der Waals surface area contributed by atoms with Crippen molar-refractivity contribution in [3.05, 3.63) is 60.1 Å². The molecule has 0 aliphatic carbocycles. The molecule has 5 rings (SSSR count). The largest absolute Gasteiger partial charge is 0.486 e. The molecule has 1 aromatic carbocycles. The van der Waals surface area contributed by atoms with Gasteiger partial charge in [-0.1, -0.05) is 12.1 Å². The van der Waals surface area contributed by atoms with E-state index in [4.69, 9.17) is 18.6 Å². The number of pyridine rings is 1. The molecule has 0 saturated carbocycles. The lowest BCUT2D eigenvalue weighted by atomic mass is 10.1. The zero-order valence-corrected chi connectivity index (χ0v) is 20.7. The first-order valence-electron chi connectivity index (χ1n) is 12.3. The number of nitrogens with one attached hydrogen (secondary N) is 1. The van der Waals surface area contributed by atoms with E-state index in [2.05, 4.69) is 27.1 Å². The first kappa shape index (κ1) is 24.1. The van der Waals surface area contributed by atoms with Crippen LogP contribution in [-0.2, 0) is 6.42 Å². The molecule has 1 fully saturated rings. The molecule has 190 valence electrons. The lowest BCUT2D eigenvalue weighted by Gasteiger charge is -2.32. The maximum Gasteiger partial charge on any atom is 0.287 e. The fourth-order valence-electron chi connectivity index (χ4n) is 4.38. The van der Waals surface area contributed by atoms with E-state index >= 15 is 0 Å². The van der Waals surface area contributed by atoms with E-state index in [-0.39, 0.29) is 18.6 Å². The molecule has 1 amide bonds. The predicted octanol–water partition coefficient (Wildman–Crippen LogP) is 2.71. The van der Waals surface area contributed by atoms with Crippen LogP contribution in [0.25, 0.3) is 11.3 Å². The molecule has 1 N–H and O–H groups in total. The molecule has 0 radical (unpaired) electrons. The number of fused-ring (bicyclic) bond motifs is 1. The monoisotopic (exact) mass is 492 g/mol. The molecule has 2 aliphatic rings. The molecule has 4 heterocycles. The fraction of sp³-hybridized carbons (Fsp3) is 0.407. The number of carbonyl (C=O) groups excluding carboxylic acids is 1. The van der Waals surface area contributed by atoms with E-state index in [0.29, 0.717) is 29.7 Å². The minimum atomic E-state index is -0.347. The smallest absolute Gasteiger partial charge is 0.287 e. The van der Waals surface area contributed by atoms with Gasteiger partial charge in [0.2, 0.25) is 5.88 Å². The second-order valence-electron chi connectivity index (χ2n) is 9.12. The van der Waals surface area contributed by atoms with Crippen LogP contribution in [0.5, 0.6) is 17.4 Å². The number of hydrogen-bond donors (Lipinski definition) is 1. The zero-order valence-electron chi connectivity index (χ0n) is 20.7. The highest BCUT2D eigenvalue weighted by Gasteiger charge is 2.26. The summed E-state index contributed by atoms with van der Waals surface area (Å²) in [6.07, 6.45) is 0.439. The summed E-state index contributed by atoms with van der Waals surface area (Å²) >= 11 is 0. The Bertz CT molecular complexity index is 1190. The highest BCUT2D eigenvalue weighted by molar-refractivity contribution is 5.91. The Morgan fingerprint density at radius 1 is 1.11 bits per heavy atom. The molecule has 1 saturated heterocycles. The molecule has 2 aliphatic heterocycles. The normalized spacial score (nSPS) is 18.1. The molecule has 2 aromatic heterocycles. The van der Waals surface area contributed by atoms with Gasteiger partial charge in [0.05, 0.1) is 19.3 Å². The topological polar surface area (TPSA) is 89.3 Å². The summed E-state index contributed by atoms with van der Waals surface area (Å²) < 4.78 is 23.2. The number of likely N-dealkylation sites (N-methyl/N-ethyl adjacent to an activating group) is 1. The second-order valence-corrected chi connectivity index (χ2v) is 9.12. The van der Waals surface area contributed by atoms with Gasteiger partial charge in [0.15, 0.2) is 17.3 Å². The lowest BCUT2D eigenvalue weighted by molar-refractivity contribution is 0.0775. The number of methoxy groups -OCH3 is 1. The van der Waals surface area contributed by atoms with Crippen molar-refractivity contribution in [2.45, 2.75) is 12.5 Å². The second kappa shape index (κ2) is 11.0. The summed E-state index contributed by atoms with van der Waals surface area (Å²) in [5.41, 5.74) is 1.53. The Morgan fingerprint density at radius 3 is 2.78 bits per heavy atom. The van der Waals surface area contributed by atoms with Crippen molar-refractivity contribution in [1.82, 2.24) is 20.1 Å². The van der Waals surface area contributed by atoms with E-state index in [9.17, 15) is 4.79 Å². The van der Waals surface area contributed by atoms with Gasteiger partial charge >= 0.3 is 0 Å². The highest BCUT2D eigenvalue weighted by atomic mass is 16.6. The molecular formula is C27H32N4O5. The van der Waals surface area contributed by atoms with E-state index < -0.39 is 0 Å². The standard InChI is InChI=1S/C27H32N4O5/c1-30-13-15-31(16-14-30)12-11-19-9-10-24(35-19)27(32)28-17-20-18-34-23-7-3-5-21(26(23)36-20)22-6-4-8-25(29-22)33-2/h3-10,20H,11-18H2,1-2H3,(H,28,32). The Balaban J connectivity index is 1.16. The van der Waals surface area contributed by atoms with Gasteiger partial charge in [0.25, 0.3) is 5.91 Å². The fourth-order valence-corrected chi connectivity index (χ4v) is 4.38. The van der Waals surface area contributed by atoms with Gasteiger partial charge in [0.1, 0.15) is 18.5 Å². The summed E-state index contributed by atoms with van der Waals surface area (Å²) in [5, 5.41) is 2.91.